The summed E-state index contributed by atoms with van der Waals surface area (Å²) in [7, 11) is -3.30. The largest absolute Gasteiger partial charge is 0.270 e. The number of nitrogens with zero attached hydrogens (tertiary/aromatic N) is 3. The number of aryl methyl sites for hydroxylation is 1. The molecule has 1 aromatic rings. The first-order valence-electron chi connectivity index (χ1n) is 4.26. The summed E-state index contributed by atoms with van der Waals surface area (Å²) >= 11 is 0. The van der Waals surface area contributed by atoms with Crippen LogP contribution < -0.4 is 0 Å². The molecule has 0 radical (unpaired) electrons. The van der Waals surface area contributed by atoms with E-state index in [1.54, 1.807) is 17.2 Å². The number of rotatable bonds is 6. The van der Waals surface area contributed by atoms with E-state index in [4.69, 9.17) is 0 Å². The Morgan fingerprint density at radius 1 is 1.29 bits per heavy atom. The van der Waals surface area contributed by atoms with E-state index in [9.17, 15) is 8.42 Å². The lowest BCUT2D eigenvalue weighted by atomic mass is 10.3. The predicted octanol–water partition coefficient (Wildman–Crippen LogP) is 0.0345. The monoisotopic (exact) mass is 219 g/mol. The lowest BCUT2D eigenvalue weighted by Crippen LogP contribution is -2.06. The second kappa shape index (κ2) is 5.06. The molecule has 0 saturated carbocycles. The van der Waals surface area contributed by atoms with E-state index in [2.05, 4.69) is 14.4 Å². The molecule has 80 valence electrons. The molecule has 1 heterocycles. The molecule has 0 unspecified atom stereocenters. The van der Waals surface area contributed by atoms with Crippen molar-refractivity contribution in [3.63, 3.8) is 0 Å². The Bertz CT molecular complexity index is 346. The maximum absolute atomic E-state index is 10.6. The zero-order chi connectivity index (χ0) is 10.4. The topological polar surface area (TPSA) is 74.1 Å². The van der Waals surface area contributed by atoms with Gasteiger partial charge in [0.15, 0.2) is 0 Å². The molecule has 14 heavy (non-hydrogen) atoms. The average Bonchev–Trinajstić information content (AvgIpc) is 2.54. The average molecular weight is 219 g/mol. The predicted molar refractivity (Wildman–Crippen MR) is 50.1 cm³/mol. The fourth-order valence-corrected chi connectivity index (χ4v) is 1.35. The van der Waals surface area contributed by atoms with Crippen LogP contribution in [0.4, 0.5) is 0 Å². The fraction of sp³-hybridized carbons (Fsp3) is 0.714. The molecule has 0 bridgehead atoms. The molecule has 1 aromatic heterocycles. The molecule has 0 saturated heterocycles. The summed E-state index contributed by atoms with van der Waals surface area (Å²) in [5.41, 5.74) is 0. The molecule has 7 heteroatoms. The van der Waals surface area contributed by atoms with Gasteiger partial charge in [-0.15, -0.1) is 0 Å². The van der Waals surface area contributed by atoms with Crippen molar-refractivity contribution in [1.29, 1.82) is 0 Å². The fourth-order valence-electron chi connectivity index (χ4n) is 0.924. The highest BCUT2D eigenvalue weighted by Gasteiger charge is 2.00. The van der Waals surface area contributed by atoms with Crippen LogP contribution in [-0.4, -0.2) is 36.3 Å². The Hall–Kier alpha value is -0.950. The molecule has 0 aliphatic rings. The number of hydrogen-bond donors (Lipinski definition) is 0. The summed E-state index contributed by atoms with van der Waals surface area (Å²) in [6.45, 7) is 0.903. The van der Waals surface area contributed by atoms with Crippen molar-refractivity contribution in [2.45, 2.75) is 19.4 Å². The quantitative estimate of drug-likeness (QED) is 0.498. The van der Waals surface area contributed by atoms with Crippen molar-refractivity contribution >= 4 is 10.1 Å². The van der Waals surface area contributed by atoms with Gasteiger partial charge in [-0.2, -0.15) is 23.4 Å². The summed E-state index contributed by atoms with van der Waals surface area (Å²) in [6, 6.07) is 0. The zero-order valence-corrected chi connectivity index (χ0v) is 8.77. The maximum Gasteiger partial charge on any atom is 0.264 e. The molecule has 0 spiro atoms. The van der Waals surface area contributed by atoms with Crippen LogP contribution >= 0.6 is 0 Å². The second-order valence-corrected chi connectivity index (χ2v) is 4.50. The first kappa shape index (κ1) is 11.1. The Balaban J connectivity index is 2.06. The molecule has 0 aliphatic carbocycles. The Kier molecular flexibility index (Phi) is 4.02. The minimum atomic E-state index is -3.30. The van der Waals surface area contributed by atoms with Crippen molar-refractivity contribution < 1.29 is 12.6 Å². The van der Waals surface area contributed by atoms with Gasteiger partial charge in [-0.3, -0.25) is 4.18 Å². The van der Waals surface area contributed by atoms with Crippen LogP contribution in [0.25, 0.3) is 0 Å². The summed E-state index contributed by atoms with van der Waals surface area (Å²) < 4.78 is 25.7. The van der Waals surface area contributed by atoms with Gasteiger partial charge in [0.1, 0.15) is 0 Å². The molecule has 6 nitrogen and oxygen atoms in total. The normalized spacial score (nSPS) is 11.8. The standard InChI is InChI=1S/C7H13N3O3S/c1-14(11,12)13-7-3-2-6-10-8-4-5-9-10/h4-5H,2-3,6-7H2,1H3. The van der Waals surface area contributed by atoms with Gasteiger partial charge < -0.3 is 0 Å². The Morgan fingerprint density at radius 2 is 1.93 bits per heavy atom. The Labute approximate surface area is 83.0 Å². The van der Waals surface area contributed by atoms with Crippen molar-refractivity contribution in [2.75, 3.05) is 12.9 Å². The van der Waals surface area contributed by atoms with Crippen LogP contribution in [0, 0.1) is 0 Å². The van der Waals surface area contributed by atoms with Gasteiger partial charge in [0.05, 0.1) is 31.8 Å². The van der Waals surface area contributed by atoms with Crippen LogP contribution in [0.15, 0.2) is 12.4 Å². The SMILES string of the molecule is CS(=O)(=O)OCCCCn1nccn1. The number of aromatic nitrogens is 3. The van der Waals surface area contributed by atoms with E-state index in [1.165, 1.54) is 0 Å². The Morgan fingerprint density at radius 3 is 2.50 bits per heavy atom. The lowest BCUT2D eigenvalue weighted by molar-refractivity contribution is 0.305. The highest BCUT2D eigenvalue weighted by atomic mass is 32.2. The summed E-state index contributed by atoms with van der Waals surface area (Å²) in [5.74, 6) is 0. The summed E-state index contributed by atoms with van der Waals surface area (Å²) in [4.78, 5) is 1.56. The van der Waals surface area contributed by atoms with Gasteiger partial charge in [-0.1, -0.05) is 0 Å². The van der Waals surface area contributed by atoms with Crippen LogP contribution in [0.1, 0.15) is 12.8 Å². The van der Waals surface area contributed by atoms with Crippen LogP contribution in [0.5, 0.6) is 0 Å². The van der Waals surface area contributed by atoms with E-state index in [0.717, 1.165) is 12.7 Å². The smallest absolute Gasteiger partial charge is 0.264 e. The van der Waals surface area contributed by atoms with Gasteiger partial charge in [-0.05, 0) is 12.8 Å². The molecule has 0 aliphatic heterocycles. The third kappa shape index (κ3) is 4.93. The summed E-state index contributed by atoms with van der Waals surface area (Å²) in [5, 5.41) is 7.82. The molecular weight excluding hydrogens is 206 g/mol. The molecule has 0 N–H and O–H groups in total. The third-order valence-corrected chi connectivity index (χ3v) is 2.11. The van der Waals surface area contributed by atoms with Gasteiger partial charge in [-0.25, -0.2) is 0 Å². The maximum atomic E-state index is 10.6. The van der Waals surface area contributed by atoms with Crippen molar-refractivity contribution in [3.05, 3.63) is 12.4 Å². The first-order valence-corrected chi connectivity index (χ1v) is 6.08. The van der Waals surface area contributed by atoms with E-state index in [1.807, 2.05) is 0 Å². The van der Waals surface area contributed by atoms with Crippen LogP contribution in [0.3, 0.4) is 0 Å². The van der Waals surface area contributed by atoms with Gasteiger partial charge in [0.2, 0.25) is 0 Å². The number of unbranched alkanes of at least 4 members (excludes halogenated alkanes) is 1. The van der Waals surface area contributed by atoms with Gasteiger partial charge in [0.25, 0.3) is 10.1 Å². The van der Waals surface area contributed by atoms with E-state index < -0.39 is 10.1 Å². The molecule has 0 amide bonds. The van der Waals surface area contributed by atoms with E-state index >= 15 is 0 Å². The van der Waals surface area contributed by atoms with Crippen molar-refractivity contribution in [3.8, 4) is 0 Å². The third-order valence-electron chi connectivity index (χ3n) is 1.52. The molecule has 0 aromatic carbocycles. The zero-order valence-electron chi connectivity index (χ0n) is 7.96. The molecule has 0 atom stereocenters. The minimum Gasteiger partial charge on any atom is -0.270 e. The van der Waals surface area contributed by atoms with Gasteiger partial charge in [0, 0.05) is 0 Å². The van der Waals surface area contributed by atoms with E-state index in [0.29, 0.717) is 13.0 Å². The van der Waals surface area contributed by atoms with Crippen LogP contribution in [0.2, 0.25) is 0 Å². The van der Waals surface area contributed by atoms with E-state index in [-0.39, 0.29) is 6.61 Å². The molecule has 0 fully saturated rings. The second-order valence-electron chi connectivity index (χ2n) is 2.86. The summed E-state index contributed by atoms with van der Waals surface area (Å²) in [6.07, 6.45) is 5.72. The minimum absolute atomic E-state index is 0.222. The van der Waals surface area contributed by atoms with Crippen molar-refractivity contribution in [2.24, 2.45) is 0 Å². The van der Waals surface area contributed by atoms with Crippen molar-refractivity contribution in [1.82, 2.24) is 15.0 Å². The lowest BCUT2D eigenvalue weighted by Gasteiger charge is -2.00. The highest BCUT2D eigenvalue weighted by molar-refractivity contribution is 7.85. The molecule has 1 rings (SSSR count). The van der Waals surface area contributed by atoms with Crippen LogP contribution in [-0.2, 0) is 20.8 Å². The number of hydrogen-bond acceptors (Lipinski definition) is 5. The van der Waals surface area contributed by atoms with Gasteiger partial charge >= 0.3 is 0 Å². The highest BCUT2D eigenvalue weighted by Crippen LogP contribution is 1.95. The molecular formula is C7H13N3O3S. The first-order chi connectivity index (χ1) is 6.58.